The van der Waals surface area contributed by atoms with E-state index in [1.165, 1.54) is 37.8 Å². The van der Waals surface area contributed by atoms with E-state index < -0.39 is 0 Å². The van der Waals surface area contributed by atoms with Crippen LogP contribution in [-0.4, -0.2) is 46.8 Å². The molecule has 1 atom stereocenters. The van der Waals surface area contributed by atoms with Gasteiger partial charge in [-0.2, -0.15) is 10.1 Å². The van der Waals surface area contributed by atoms with Crippen LogP contribution in [0.4, 0.5) is 17.6 Å². The fourth-order valence-electron chi connectivity index (χ4n) is 4.02. The third-order valence-corrected chi connectivity index (χ3v) is 5.35. The average Bonchev–Trinajstić information content (AvgIpc) is 3.37. The van der Waals surface area contributed by atoms with Gasteiger partial charge in [-0.05, 0) is 44.8 Å². The molecule has 0 radical (unpaired) electrons. The quantitative estimate of drug-likeness (QED) is 0.749. The molecule has 2 aliphatic rings. The molecule has 1 aliphatic heterocycles. The highest BCUT2D eigenvalue weighted by Gasteiger charge is 2.24. The first-order valence-electron chi connectivity index (χ1n) is 9.37. The Balaban J connectivity index is 1.41. The maximum absolute atomic E-state index is 4.68. The lowest BCUT2D eigenvalue weighted by Crippen LogP contribution is -2.25. The Labute approximate surface area is 148 Å². The molecule has 0 spiro atoms. The number of hydrogen-bond donors (Lipinski definition) is 3. The molecule has 0 aromatic carbocycles. The lowest BCUT2D eigenvalue weighted by molar-refractivity contribution is 0.548. The van der Waals surface area contributed by atoms with Crippen LogP contribution in [0.3, 0.4) is 0 Å². The van der Waals surface area contributed by atoms with Crippen LogP contribution in [0.2, 0.25) is 0 Å². The van der Waals surface area contributed by atoms with E-state index in [9.17, 15) is 0 Å². The van der Waals surface area contributed by atoms with Gasteiger partial charge in [0.05, 0.1) is 0 Å². The summed E-state index contributed by atoms with van der Waals surface area (Å²) < 4.78 is 0. The SMILES string of the molecule is CNC[C@H]1CCN(c2nccc(Nc3cc(C4CCCC4)[nH]n3)n2)C1. The van der Waals surface area contributed by atoms with Crippen molar-refractivity contribution < 1.29 is 0 Å². The lowest BCUT2D eigenvalue weighted by atomic mass is 10.0. The third-order valence-electron chi connectivity index (χ3n) is 5.35. The minimum absolute atomic E-state index is 0.637. The van der Waals surface area contributed by atoms with Crippen molar-refractivity contribution in [3.8, 4) is 0 Å². The summed E-state index contributed by atoms with van der Waals surface area (Å²) in [5.74, 6) is 3.74. The van der Waals surface area contributed by atoms with Crippen LogP contribution in [0.5, 0.6) is 0 Å². The van der Waals surface area contributed by atoms with E-state index in [-0.39, 0.29) is 0 Å². The first-order chi connectivity index (χ1) is 12.3. The van der Waals surface area contributed by atoms with Crippen LogP contribution in [0, 0.1) is 5.92 Å². The monoisotopic (exact) mass is 341 g/mol. The fraction of sp³-hybridized carbons (Fsp3) is 0.611. The maximum Gasteiger partial charge on any atom is 0.227 e. The molecule has 0 amide bonds. The lowest BCUT2D eigenvalue weighted by Gasteiger charge is -2.16. The molecule has 2 aromatic rings. The molecule has 7 heteroatoms. The van der Waals surface area contributed by atoms with Crippen LogP contribution < -0.4 is 15.5 Å². The summed E-state index contributed by atoms with van der Waals surface area (Å²) in [4.78, 5) is 11.4. The Kier molecular flexibility index (Phi) is 4.83. The zero-order valence-electron chi connectivity index (χ0n) is 14.8. The largest absolute Gasteiger partial charge is 0.340 e. The summed E-state index contributed by atoms with van der Waals surface area (Å²) in [5, 5.41) is 14.2. The third kappa shape index (κ3) is 3.76. The molecule has 1 saturated heterocycles. The molecule has 134 valence electrons. The molecule has 2 fully saturated rings. The summed E-state index contributed by atoms with van der Waals surface area (Å²) >= 11 is 0. The van der Waals surface area contributed by atoms with Gasteiger partial charge in [0.25, 0.3) is 0 Å². The van der Waals surface area contributed by atoms with Crippen molar-refractivity contribution in [2.75, 3.05) is 36.9 Å². The van der Waals surface area contributed by atoms with Crippen LogP contribution >= 0.6 is 0 Å². The van der Waals surface area contributed by atoms with Gasteiger partial charge in [0.15, 0.2) is 5.82 Å². The van der Waals surface area contributed by atoms with Crippen LogP contribution in [-0.2, 0) is 0 Å². The van der Waals surface area contributed by atoms with Crippen molar-refractivity contribution >= 4 is 17.6 Å². The Bertz CT molecular complexity index is 692. The van der Waals surface area contributed by atoms with Gasteiger partial charge in [-0.15, -0.1) is 0 Å². The predicted molar refractivity (Wildman–Crippen MR) is 99.4 cm³/mol. The fourth-order valence-corrected chi connectivity index (χ4v) is 4.02. The van der Waals surface area contributed by atoms with Crippen molar-refractivity contribution in [1.29, 1.82) is 0 Å². The first-order valence-corrected chi connectivity index (χ1v) is 9.37. The molecule has 3 N–H and O–H groups in total. The molecule has 0 unspecified atom stereocenters. The molecule has 7 nitrogen and oxygen atoms in total. The van der Waals surface area contributed by atoms with Crippen LogP contribution in [0.1, 0.15) is 43.7 Å². The van der Waals surface area contributed by atoms with Gasteiger partial charge in [0, 0.05) is 37.0 Å². The minimum Gasteiger partial charge on any atom is -0.340 e. The Hall–Kier alpha value is -2.15. The van der Waals surface area contributed by atoms with E-state index in [0.29, 0.717) is 11.8 Å². The van der Waals surface area contributed by atoms with Gasteiger partial charge in [0.1, 0.15) is 5.82 Å². The highest BCUT2D eigenvalue weighted by molar-refractivity contribution is 5.53. The van der Waals surface area contributed by atoms with Gasteiger partial charge < -0.3 is 15.5 Å². The highest BCUT2D eigenvalue weighted by Crippen LogP contribution is 2.34. The summed E-state index contributed by atoms with van der Waals surface area (Å²) in [6.07, 6.45) is 8.19. The smallest absolute Gasteiger partial charge is 0.227 e. The van der Waals surface area contributed by atoms with Crippen LogP contribution in [0.15, 0.2) is 18.3 Å². The normalized spacial score (nSPS) is 21.2. The molecule has 1 aliphatic carbocycles. The zero-order chi connectivity index (χ0) is 17.1. The van der Waals surface area contributed by atoms with Gasteiger partial charge in [-0.25, -0.2) is 4.98 Å². The summed E-state index contributed by atoms with van der Waals surface area (Å²) in [7, 11) is 2.01. The topological polar surface area (TPSA) is 81.8 Å². The van der Waals surface area contributed by atoms with Crippen molar-refractivity contribution in [3.05, 3.63) is 24.0 Å². The first kappa shape index (κ1) is 16.3. The van der Waals surface area contributed by atoms with Crippen molar-refractivity contribution in [1.82, 2.24) is 25.5 Å². The molecule has 4 rings (SSSR count). The predicted octanol–water partition coefficient (Wildman–Crippen LogP) is 2.65. The van der Waals surface area contributed by atoms with Gasteiger partial charge >= 0.3 is 0 Å². The number of H-pyrrole nitrogens is 1. The van der Waals surface area contributed by atoms with Crippen LogP contribution in [0.25, 0.3) is 0 Å². The highest BCUT2D eigenvalue weighted by atomic mass is 15.3. The van der Waals surface area contributed by atoms with Gasteiger partial charge in [-0.1, -0.05) is 12.8 Å². The van der Waals surface area contributed by atoms with E-state index in [1.54, 1.807) is 0 Å². The molecule has 3 heterocycles. The second kappa shape index (κ2) is 7.39. The molecule has 0 bridgehead atoms. The molecule has 1 saturated carbocycles. The van der Waals surface area contributed by atoms with E-state index in [1.807, 2.05) is 19.3 Å². The Morgan fingerprint density at radius 1 is 1.24 bits per heavy atom. The number of hydrogen-bond acceptors (Lipinski definition) is 6. The standard InChI is InChI=1S/C18H27N7/c1-19-11-13-7-9-25(12-13)18-20-8-6-16(22-18)21-17-10-15(23-24-17)14-4-2-3-5-14/h6,8,10,13-14,19H,2-5,7,9,11-12H2,1H3,(H2,20,21,22,23,24)/t13-/m1/s1. The summed E-state index contributed by atoms with van der Waals surface area (Å²) in [5.41, 5.74) is 1.24. The number of rotatable bonds is 6. The molecular formula is C18H27N7. The van der Waals surface area contributed by atoms with Crippen molar-refractivity contribution in [2.45, 2.75) is 38.0 Å². The Morgan fingerprint density at radius 2 is 2.12 bits per heavy atom. The van der Waals surface area contributed by atoms with Crippen molar-refractivity contribution in [3.63, 3.8) is 0 Å². The van der Waals surface area contributed by atoms with Gasteiger partial charge in [-0.3, -0.25) is 5.10 Å². The van der Waals surface area contributed by atoms with E-state index in [4.69, 9.17) is 0 Å². The molecule has 2 aromatic heterocycles. The summed E-state index contributed by atoms with van der Waals surface area (Å²) in [6, 6.07) is 4.02. The molecular weight excluding hydrogens is 314 g/mol. The number of nitrogens with zero attached hydrogens (tertiary/aromatic N) is 4. The van der Waals surface area contributed by atoms with E-state index >= 15 is 0 Å². The Morgan fingerprint density at radius 3 is 2.96 bits per heavy atom. The summed E-state index contributed by atoms with van der Waals surface area (Å²) in [6.45, 7) is 3.08. The second-order valence-corrected chi connectivity index (χ2v) is 7.22. The number of anilines is 3. The number of nitrogens with one attached hydrogen (secondary N) is 3. The van der Waals surface area contributed by atoms with Crippen molar-refractivity contribution in [2.24, 2.45) is 5.92 Å². The van der Waals surface area contributed by atoms with Gasteiger partial charge in [0.2, 0.25) is 5.95 Å². The number of aromatic nitrogens is 4. The minimum atomic E-state index is 0.637. The van der Waals surface area contributed by atoms with E-state index in [0.717, 1.165) is 37.2 Å². The molecule has 25 heavy (non-hydrogen) atoms. The van der Waals surface area contributed by atoms with E-state index in [2.05, 4.69) is 41.8 Å². The average molecular weight is 341 g/mol. The second-order valence-electron chi connectivity index (χ2n) is 7.22. The zero-order valence-corrected chi connectivity index (χ0v) is 14.8. The number of aromatic amines is 1. The maximum atomic E-state index is 4.68.